The third-order valence-electron chi connectivity index (χ3n) is 2.46. The number of Topliss-reactive ketones (excluding diaryl/α,β-unsaturated/α-hetero) is 1. The van der Waals surface area contributed by atoms with E-state index in [-0.39, 0.29) is 11.4 Å². The lowest BCUT2D eigenvalue weighted by atomic mass is 9.97. The summed E-state index contributed by atoms with van der Waals surface area (Å²) in [5, 5.41) is 10.5. The highest BCUT2D eigenvalue weighted by Gasteiger charge is 2.35. The van der Waals surface area contributed by atoms with E-state index in [1.165, 1.54) is 13.8 Å². The van der Waals surface area contributed by atoms with Crippen molar-refractivity contribution in [2.24, 2.45) is 0 Å². The molecule has 2 rings (SSSR count). The summed E-state index contributed by atoms with van der Waals surface area (Å²) >= 11 is 5.84. The maximum Gasteiger partial charge on any atom is 0.235 e. The second-order valence-corrected chi connectivity index (χ2v) is 4.32. The summed E-state index contributed by atoms with van der Waals surface area (Å²) < 4.78 is 5.36. The molecule has 0 fully saturated rings. The molecule has 1 aliphatic heterocycles. The number of ether oxygens (including phenoxy) is 1. The zero-order chi connectivity index (χ0) is 11.9. The molecule has 1 heterocycles. The molecule has 16 heavy (non-hydrogen) atoms. The molecule has 1 unspecified atom stereocenters. The minimum absolute atomic E-state index is 0.224. The number of halogens is 1. The molecule has 1 atom stereocenters. The normalized spacial score (nSPS) is 23.1. The number of hydrogen-bond acceptors (Lipinski definition) is 3. The lowest BCUT2D eigenvalue weighted by Crippen LogP contribution is -2.39. The van der Waals surface area contributed by atoms with Crippen LogP contribution in [0.1, 0.15) is 19.4 Å². The number of carbonyl (C=O) groups is 1. The van der Waals surface area contributed by atoms with Gasteiger partial charge in [-0.15, -0.1) is 0 Å². The Bertz CT molecular complexity index is 489. The van der Waals surface area contributed by atoms with Gasteiger partial charge in [0.1, 0.15) is 5.75 Å². The van der Waals surface area contributed by atoms with Gasteiger partial charge in [0.05, 0.1) is 5.57 Å². The van der Waals surface area contributed by atoms with Gasteiger partial charge in [-0.3, -0.25) is 4.79 Å². The summed E-state index contributed by atoms with van der Waals surface area (Å²) in [7, 11) is 0. The van der Waals surface area contributed by atoms with Crippen molar-refractivity contribution in [3.63, 3.8) is 0 Å². The van der Waals surface area contributed by atoms with E-state index in [2.05, 4.69) is 0 Å². The van der Waals surface area contributed by atoms with Crippen molar-refractivity contribution in [1.29, 1.82) is 0 Å². The van der Waals surface area contributed by atoms with Gasteiger partial charge in [-0.25, -0.2) is 0 Å². The molecule has 84 valence electrons. The summed E-state index contributed by atoms with van der Waals surface area (Å²) in [5.74, 6) is -1.29. The number of fused-ring (bicyclic) bond motifs is 1. The fourth-order valence-electron chi connectivity index (χ4n) is 1.71. The number of rotatable bonds is 1. The van der Waals surface area contributed by atoms with E-state index >= 15 is 0 Å². The van der Waals surface area contributed by atoms with E-state index in [1.807, 2.05) is 0 Å². The highest BCUT2D eigenvalue weighted by molar-refractivity contribution is 6.30. The van der Waals surface area contributed by atoms with Crippen LogP contribution in [0.5, 0.6) is 5.75 Å². The van der Waals surface area contributed by atoms with Crippen LogP contribution in [0.2, 0.25) is 5.02 Å². The summed E-state index contributed by atoms with van der Waals surface area (Å²) in [6.07, 6.45) is 1.60. The molecule has 1 N–H and O–H groups in total. The zero-order valence-corrected chi connectivity index (χ0v) is 9.71. The lowest BCUT2D eigenvalue weighted by molar-refractivity contribution is -0.125. The average molecular weight is 239 g/mol. The summed E-state index contributed by atoms with van der Waals surface area (Å²) in [4.78, 5) is 11.4. The van der Waals surface area contributed by atoms with Gasteiger partial charge in [0.25, 0.3) is 0 Å². The fraction of sp³-hybridized carbons (Fsp3) is 0.250. The molecule has 0 aromatic heterocycles. The maximum absolute atomic E-state index is 11.4. The quantitative estimate of drug-likeness (QED) is 0.817. The van der Waals surface area contributed by atoms with Gasteiger partial charge in [0.2, 0.25) is 5.79 Å². The minimum atomic E-state index is -1.58. The van der Waals surface area contributed by atoms with Gasteiger partial charge in [0.15, 0.2) is 5.78 Å². The van der Waals surface area contributed by atoms with Crippen LogP contribution < -0.4 is 4.74 Å². The van der Waals surface area contributed by atoms with E-state index in [1.54, 1.807) is 24.3 Å². The predicted molar refractivity (Wildman–Crippen MR) is 61.4 cm³/mol. The Balaban J connectivity index is 2.58. The molecule has 0 saturated carbocycles. The topological polar surface area (TPSA) is 46.5 Å². The van der Waals surface area contributed by atoms with Crippen LogP contribution in [0.15, 0.2) is 23.8 Å². The van der Waals surface area contributed by atoms with Gasteiger partial charge >= 0.3 is 0 Å². The lowest BCUT2D eigenvalue weighted by Gasteiger charge is -2.30. The van der Waals surface area contributed by atoms with E-state index in [4.69, 9.17) is 16.3 Å². The summed E-state index contributed by atoms with van der Waals surface area (Å²) in [6, 6.07) is 5.03. The summed E-state index contributed by atoms with van der Waals surface area (Å²) in [6.45, 7) is 2.83. The Hall–Kier alpha value is -1.32. The van der Waals surface area contributed by atoms with Crippen LogP contribution in [0, 0.1) is 0 Å². The number of carbonyl (C=O) groups excluding carboxylic acids is 1. The Labute approximate surface area is 98.3 Å². The first-order valence-electron chi connectivity index (χ1n) is 4.84. The largest absolute Gasteiger partial charge is 0.458 e. The third kappa shape index (κ3) is 1.84. The maximum atomic E-state index is 11.4. The SMILES string of the molecule is CC(=O)C1=Cc2cc(Cl)ccc2OC1(C)O. The van der Waals surface area contributed by atoms with Gasteiger partial charge < -0.3 is 9.84 Å². The van der Waals surface area contributed by atoms with E-state index in [0.717, 1.165) is 0 Å². The second kappa shape index (κ2) is 3.61. The molecule has 0 saturated heterocycles. The number of aliphatic hydroxyl groups is 1. The Morgan fingerprint density at radius 3 is 2.81 bits per heavy atom. The second-order valence-electron chi connectivity index (χ2n) is 3.88. The average Bonchev–Trinajstić information content (AvgIpc) is 2.16. The number of ketones is 1. The van der Waals surface area contributed by atoms with E-state index < -0.39 is 5.79 Å². The van der Waals surface area contributed by atoms with Gasteiger partial charge in [-0.05, 0) is 31.2 Å². The van der Waals surface area contributed by atoms with Crippen LogP contribution in [0.4, 0.5) is 0 Å². The van der Waals surface area contributed by atoms with E-state index in [0.29, 0.717) is 16.3 Å². The first-order valence-corrected chi connectivity index (χ1v) is 5.22. The van der Waals surface area contributed by atoms with Crippen LogP contribution in [-0.2, 0) is 4.79 Å². The molecule has 1 aromatic carbocycles. The highest BCUT2D eigenvalue weighted by Crippen LogP contribution is 2.35. The third-order valence-corrected chi connectivity index (χ3v) is 2.69. The van der Waals surface area contributed by atoms with Crippen molar-refractivity contribution in [2.75, 3.05) is 0 Å². The van der Waals surface area contributed by atoms with Crippen molar-refractivity contribution < 1.29 is 14.6 Å². The summed E-state index contributed by atoms with van der Waals surface area (Å²) in [5.41, 5.74) is 0.923. The molecule has 3 nitrogen and oxygen atoms in total. The molecule has 1 aliphatic rings. The minimum Gasteiger partial charge on any atom is -0.458 e. The molecule has 0 aliphatic carbocycles. The Kier molecular flexibility index (Phi) is 2.52. The van der Waals surface area contributed by atoms with Crippen LogP contribution in [-0.4, -0.2) is 16.7 Å². The first kappa shape index (κ1) is 11.2. The molecular formula is C12H11ClO3. The zero-order valence-electron chi connectivity index (χ0n) is 8.95. The molecule has 1 aromatic rings. The van der Waals surface area contributed by atoms with Crippen LogP contribution >= 0.6 is 11.6 Å². The molecule has 0 spiro atoms. The first-order chi connectivity index (χ1) is 7.40. The van der Waals surface area contributed by atoms with Gasteiger partial charge in [0, 0.05) is 17.5 Å². The predicted octanol–water partition coefficient (Wildman–Crippen LogP) is 2.41. The van der Waals surface area contributed by atoms with Crippen LogP contribution in [0.3, 0.4) is 0 Å². The van der Waals surface area contributed by atoms with Crippen LogP contribution in [0.25, 0.3) is 6.08 Å². The number of hydrogen-bond donors (Lipinski definition) is 1. The van der Waals surface area contributed by atoms with Crippen molar-refractivity contribution in [2.45, 2.75) is 19.6 Å². The van der Waals surface area contributed by atoms with Gasteiger partial charge in [-0.1, -0.05) is 11.6 Å². The Morgan fingerprint density at radius 1 is 1.50 bits per heavy atom. The number of benzene rings is 1. The smallest absolute Gasteiger partial charge is 0.235 e. The molecule has 0 bridgehead atoms. The molecule has 0 amide bonds. The van der Waals surface area contributed by atoms with Crippen molar-refractivity contribution in [1.82, 2.24) is 0 Å². The fourth-order valence-corrected chi connectivity index (χ4v) is 1.89. The van der Waals surface area contributed by atoms with Crippen molar-refractivity contribution in [3.8, 4) is 5.75 Å². The highest BCUT2D eigenvalue weighted by atomic mass is 35.5. The van der Waals surface area contributed by atoms with Crippen molar-refractivity contribution in [3.05, 3.63) is 34.4 Å². The molecular weight excluding hydrogens is 228 g/mol. The molecule has 4 heteroatoms. The monoisotopic (exact) mass is 238 g/mol. The van der Waals surface area contributed by atoms with Gasteiger partial charge in [-0.2, -0.15) is 0 Å². The Morgan fingerprint density at radius 2 is 2.19 bits per heavy atom. The van der Waals surface area contributed by atoms with Crippen molar-refractivity contribution >= 4 is 23.5 Å². The standard InChI is InChI=1S/C12H11ClO3/c1-7(14)10-6-8-5-9(13)3-4-11(8)16-12(10,2)15/h3-6,15H,1-2H3. The van der Waals surface area contributed by atoms with E-state index in [9.17, 15) is 9.90 Å². The molecule has 0 radical (unpaired) electrons.